The molecule has 0 spiro atoms. The number of nitrogens with zero attached hydrogens (tertiary/aromatic N) is 3. The molecule has 0 bridgehead atoms. The molecule has 0 saturated carbocycles. The molecule has 4 nitrogen and oxygen atoms in total. The first-order valence-electron chi connectivity index (χ1n) is 7.24. The monoisotopic (exact) mass is 293 g/mol. The third-order valence-electron chi connectivity index (χ3n) is 4.02. The summed E-state index contributed by atoms with van der Waals surface area (Å²) in [5.74, 6) is 2.31. The van der Waals surface area contributed by atoms with Gasteiger partial charge in [-0.2, -0.15) is 0 Å². The van der Waals surface area contributed by atoms with Crippen LogP contribution in [0.4, 0.5) is 0 Å². The Morgan fingerprint density at radius 3 is 3.15 bits per heavy atom. The van der Waals surface area contributed by atoms with E-state index in [1.165, 1.54) is 12.0 Å². The van der Waals surface area contributed by atoms with Crippen LogP contribution in [0.15, 0.2) is 12.3 Å². The van der Waals surface area contributed by atoms with Gasteiger partial charge in [-0.3, -0.25) is 0 Å². The lowest BCUT2D eigenvalue weighted by Crippen LogP contribution is -2.10. The molecule has 20 heavy (non-hydrogen) atoms. The van der Waals surface area contributed by atoms with Gasteiger partial charge in [0.05, 0.1) is 0 Å². The van der Waals surface area contributed by atoms with Gasteiger partial charge >= 0.3 is 0 Å². The first kappa shape index (κ1) is 13.8. The molecule has 0 amide bonds. The van der Waals surface area contributed by atoms with Gasteiger partial charge < -0.3 is 9.30 Å². The van der Waals surface area contributed by atoms with Gasteiger partial charge in [-0.15, -0.1) is 11.6 Å². The van der Waals surface area contributed by atoms with Gasteiger partial charge in [0, 0.05) is 38.3 Å². The molecule has 3 heterocycles. The molecule has 0 N–H and O–H groups in total. The second-order valence-electron chi connectivity index (χ2n) is 5.44. The minimum absolute atomic E-state index is 0.592. The van der Waals surface area contributed by atoms with Gasteiger partial charge in [-0.25, -0.2) is 9.97 Å². The predicted octanol–water partition coefficient (Wildman–Crippen LogP) is 2.95. The summed E-state index contributed by atoms with van der Waals surface area (Å²) in [4.78, 5) is 9.25. The van der Waals surface area contributed by atoms with Crippen LogP contribution in [-0.2, 0) is 17.7 Å². The standard InChI is InChI=1S/C15H20ClN3O/c1-11-3-7-17-15-14(11)18-13(2-6-16)19(15)8-4-12-5-9-20-10-12/h3,7,12H,2,4-6,8-10H2,1H3. The molecule has 5 heteroatoms. The highest BCUT2D eigenvalue weighted by Crippen LogP contribution is 2.22. The highest BCUT2D eigenvalue weighted by Gasteiger charge is 2.18. The van der Waals surface area contributed by atoms with Crippen molar-refractivity contribution in [2.45, 2.75) is 32.7 Å². The maximum Gasteiger partial charge on any atom is 0.160 e. The van der Waals surface area contributed by atoms with Crippen LogP contribution in [0.3, 0.4) is 0 Å². The molecule has 108 valence electrons. The van der Waals surface area contributed by atoms with Crippen molar-refractivity contribution >= 4 is 22.8 Å². The van der Waals surface area contributed by atoms with Crippen molar-refractivity contribution in [3.63, 3.8) is 0 Å². The number of imidazole rings is 1. The summed E-state index contributed by atoms with van der Waals surface area (Å²) in [5, 5.41) is 0. The van der Waals surface area contributed by atoms with Crippen LogP contribution in [0.1, 0.15) is 24.2 Å². The average molecular weight is 294 g/mol. The Hall–Kier alpha value is -1.13. The number of aryl methyl sites for hydroxylation is 3. The number of hydrogen-bond donors (Lipinski definition) is 0. The Morgan fingerprint density at radius 1 is 1.50 bits per heavy atom. The van der Waals surface area contributed by atoms with E-state index >= 15 is 0 Å². The maximum absolute atomic E-state index is 5.91. The quantitative estimate of drug-likeness (QED) is 0.796. The van der Waals surface area contributed by atoms with E-state index in [9.17, 15) is 0 Å². The Balaban J connectivity index is 1.89. The maximum atomic E-state index is 5.91. The van der Waals surface area contributed by atoms with E-state index in [4.69, 9.17) is 21.3 Å². The molecule has 1 fully saturated rings. The van der Waals surface area contributed by atoms with Crippen LogP contribution in [0.5, 0.6) is 0 Å². The molecule has 1 saturated heterocycles. The fraction of sp³-hybridized carbons (Fsp3) is 0.600. The SMILES string of the molecule is Cc1ccnc2c1nc(CCCl)n2CCC1CCOC1. The van der Waals surface area contributed by atoms with E-state index in [1.807, 2.05) is 12.3 Å². The number of pyridine rings is 1. The van der Waals surface area contributed by atoms with Crippen LogP contribution in [-0.4, -0.2) is 33.6 Å². The summed E-state index contributed by atoms with van der Waals surface area (Å²) in [5.41, 5.74) is 3.17. The fourth-order valence-corrected chi connectivity index (χ4v) is 2.99. The molecule has 3 rings (SSSR count). The van der Waals surface area contributed by atoms with E-state index in [-0.39, 0.29) is 0 Å². The van der Waals surface area contributed by atoms with Crippen molar-refractivity contribution in [3.8, 4) is 0 Å². The lowest BCUT2D eigenvalue weighted by Gasteiger charge is -2.11. The van der Waals surface area contributed by atoms with Gasteiger partial charge in [0.1, 0.15) is 11.3 Å². The molecule has 0 aliphatic carbocycles. The zero-order chi connectivity index (χ0) is 13.9. The van der Waals surface area contributed by atoms with E-state index in [2.05, 4.69) is 16.5 Å². The summed E-state index contributed by atoms with van der Waals surface area (Å²) < 4.78 is 7.69. The zero-order valence-corrected chi connectivity index (χ0v) is 12.6. The molecular formula is C15H20ClN3O. The lowest BCUT2D eigenvalue weighted by atomic mass is 10.1. The topological polar surface area (TPSA) is 39.9 Å². The van der Waals surface area contributed by atoms with Crippen molar-refractivity contribution in [2.75, 3.05) is 19.1 Å². The van der Waals surface area contributed by atoms with Crippen molar-refractivity contribution in [1.29, 1.82) is 0 Å². The minimum atomic E-state index is 0.592. The van der Waals surface area contributed by atoms with Crippen molar-refractivity contribution < 1.29 is 4.74 Å². The number of alkyl halides is 1. The molecule has 1 aliphatic rings. The van der Waals surface area contributed by atoms with Gasteiger partial charge in [-0.05, 0) is 37.3 Å². The third kappa shape index (κ3) is 2.67. The van der Waals surface area contributed by atoms with Crippen LogP contribution in [0.2, 0.25) is 0 Å². The Morgan fingerprint density at radius 2 is 2.40 bits per heavy atom. The van der Waals surface area contributed by atoms with E-state index in [0.29, 0.717) is 11.8 Å². The number of hydrogen-bond acceptors (Lipinski definition) is 3. The van der Waals surface area contributed by atoms with Crippen LogP contribution in [0, 0.1) is 12.8 Å². The van der Waals surface area contributed by atoms with Crippen LogP contribution < -0.4 is 0 Å². The normalized spacial score (nSPS) is 19.0. The molecule has 1 atom stereocenters. The van der Waals surface area contributed by atoms with Gasteiger partial charge in [-0.1, -0.05) is 0 Å². The van der Waals surface area contributed by atoms with E-state index < -0.39 is 0 Å². The second-order valence-corrected chi connectivity index (χ2v) is 5.81. The summed E-state index contributed by atoms with van der Waals surface area (Å²) >= 11 is 5.91. The predicted molar refractivity (Wildman–Crippen MR) is 80.2 cm³/mol. The molecule has 1 aliphatic heterocycles. The molecule has 2 aromatic heterocycles. The zero-order valence-electron chi connectivity index (χ0n) is 11.8. The summed E-state index contributed by atoms with van der Waals surface area (Å²) in [6.07, 6.45) is 4.94. The number of rotatable bonds is 5. The molecule has 0 aromatic carbocycles. The van der Waals surface area contributed by atoms with Gasteiger partial charge in [0.15, 0.2) is 5.65 Å². The van der Waals surface area contributed by atoms with Gasteiger partial charge in [0.2, 0.25) is 0 Å². The summed E-state index contributed by atoms with van der Waals surface area (Å²) in [6.45, 7) is 4.83. The smallest absolute Gasteiger partial charge is 0.160 e. The largest absolute Gasteiger partial charge is 0.381 e. The highest BCUT2D eigenvalue weighted by atomic mass is 35.5. The van der Waals surface area contributed by atoms with Crippen LogP contribution >= 0.6 is 11.6 Å². The Labute approximate surface area is 124 Å². The minimum Gasteiger partial charge on any atom is -0.381 e. The number of aromatic nitrogens is 3. The fourth-order valence-electron chi connectivity index (χ4n) is 2.82. The first-order valence-corrected chi connectivity index (χ1v) is 7.77. The number of fused-ring (bicyclic) bond motifs is 1. The average Bonchev–Trinajstić information content (AvgIpc) is 3.05. The Bertz CT molecular complexity index is 590. The van der Waals surface area contributed by atoms with Crippen LogP contribution in [0.25, 0.3) is 11.2 Å². The van der Waals surface area contributed by atoms with E-state index in [0.717, 1.165) is 49.6 Å². The second kappa shape index (κ2) is 6.10. The van der Waals surface area contributed by atoms with E-state index in [1.54, 1.807) is 0 Å². The number of ether oxygens (including phenoxy) is 1. The van der Waals surface area contributed by atoms with Gasteiger partial charge in [0.25, 0.3) is 0 Å². The third-order valence-corrected chi connectivity index (χ3v) is 4.21. The molecule has 0 radical (unpaired) electrons. The Kier molecular flexibility index (Phi) is 4.22. The van der Waals surface area contributed by atoms with Crippen molar-refractivity contribution in [1.82, 2.24) is 14.5 Å². The molecule has 1 unspecified atom stereocenters. The van der Waals surface area contributed by atoms with Crippen molar-refractivity contribution in [3.05, 3.63) is 23.7 Å². The summed E-state index contributed by atoms with van der Waals surface area (Å²) in [6, 6.07) is 2.01. The number of halogens is 1. The molecule has 2 aromatic rings. The lowest BCUT2D eigenvalue weighted by molar-refractivity contribution is 0.183. The molecular weight excluding hydrogens is 274 g/mol. The highest BCUT2D eigenvalue weighted by molar-refractivity contribution is 6.17. The summed E-state index contributed by atoms with van der Waals surface area (Å²) in [7, 11) is 0. The first-order chi connectivity index (χ1) is 9.79. The van der Waals surface area contributed by atoms with Crippen molar-refractivity contribution in [2.24, 2.45) is 5.92 Å².